The summed E-state index contributed by atoms with van der Waals surface area (Å²) in [4.78, 5) is 91.5. The molecular weight excluding hydrogens is 1270 g/mol. The Morgan fingerprint density at radius 2 is 1.05 bits per heavy atom. The van der Waals surface area contributed by atoms with E-state index in [9.17, 15) is 33.9 Å². The van der Waals surface area contributed by atoms with Crippen LogP contribution in [0.15, 0.2) is 142 Å². The number of carbonyl (C=O) groups is 2. The fraction of sp³-hybridized carbons (Fsp3) is 0.275. The molecule has 2 aromatic carbocycles. The summed E-state index contributed by atoms with van der Waals surface area (Å²) in [6, 6.07) is 18.5. The van der Waals surface area contributed by atoms with Crippen LogP contribution in [-0.2, 0) is 62.4 Å². The number of aliphatic hydroxyl groups is 1. The Kier molecular flexibility index (Phi) is 22.7. The minimum Gasteiger partial charge on any atom is -0.870 e. The van der Waals surface area contributed by atoms with Gasteiger partial charge in [-0.15, -0.1) is 22.7 Å². The van der Waals surface area contributed by atoms with Gasteiger partial charge >= 0.3 is 18.9 Å². The molecule has 12 rings (SSSR count). The van der Waals surface area contributed by atoms with E-state index in [-0.39, 0.29) is 100 Å². The molecule has 2 amide bonds. The minimum absolute atomic E-state index is 0. The van der Waals surface area contributed by atoms with E-state index in [2.05, 4.69) is 44.0 Å². The Morgan fingerprint density at radius 3 is 1.47 bits per heavy atom. The Hall–Kier alpha value is -9.68. The number of hydrogen-bond acceptors (Lipinski definition) is 18. The molecule has 0 aliphatic heterocycles. The second-order valence-corrected chi connectivity index (χ2v) is 25.0. The second-order valence-electron chi connectivity index (χ2n) is 22.8. The van der Waals surface area contributed by atoms with Crippen molar-refractivity contribution in [2.75, 3.05) is 51.0 Å². The van der Waals surface area contributed by atoms with Crippen LogP contribution in [0, 0.1) is 11.6 Å². The number of aromatic nitrogens is 8. The molecule has 10 aromatic rings. The Balaban J connectivity index is 0.000000221. The maximum absolute atomic E-state index is 15.4. The van der Waals surface area contributed by atoms with Crippen LogP contribution in [0.1, 0.15) is 64.6 Å². The maximum atomic E-state index is 15.4. The molecule has 0 bridgehead atoms. The quantitative estimate of drug-likeness (QED) is 0.0519. The van der Waals surface area contributed by atoms with Gasteiger partial charge in [-0.3, -0.25) is 28.8 Å². The number of rotatable bonds is 20. The van der Waals surface area contributed by atoms with Crippen molar-refractivity contribution >= 4 is 77.7 Å². The average molecular weight is 1340 g/mol. The van der Waals surface area contributed by atoms with Crippen molar-refractivity contribution in [1.82, 2.24) is 48.5 Å². The predicted octanol–water partition coefficient (Wildman–Crippen LogP) is 6.87. The van der Waals surface area contributed by atoms with Crippen LogP contribution in [-0.4, -0.2) is 111 Å². The van der Waals surface area contributed by atoms with Gasteiger partial charge in [0.15, 0.2) is 0 Å². The molecule has 0 saturated carbocycles. The third-order valence-corrected chi connectivity index (χ3v) is 19.2. The fourth-order valence-corrected chi connectivity index (χ4v) is 14.3. The van der Waals surface area contributed by atoms with Crippen LogP contribution in [0.25, 0.3) is 53.8 Å². The molecule has 0 unspecified atom stereocenters. The third-order valence-electron chi connectivity index (χ3n) is 16.6. The van der Waals surface area contributed by atoms with Gasteiger partial charge < -0.3 is 49.6 Å². The van der Waals surface area contributed by atoms with Gasteiger partial charge in [0.1, 0.15) is 57.3 Å². The largest absolute Gasteiger partial charge is 1.00 e. The van der Waals surface area contributed by atoms with Gasteiger partial charge in [-0.05, 0) is 134 Å². The van der Waals surface area contributed by atoms with Crippen LogP contribution >= 0.6 is 22.7 Å². The minimum atomic E-state index is -0.637. The van der Waals surface area contributed by atoms with E-state index in [1.165, 1.54) is 116 Å². The van der Waals surface area contributed by atoms with E-state index in [1.807, 2.05) is 6.92 Å². The molecule has 2 aliphatic rings. The molecule has 4 N–H and O–H groups in total. The van der Waals surface area contributed by atoms with E-state index in [0.29, 0.717) is 74.4 Å². The zero-order valence-electron chi connectivity index (χ0n) is 53.9. The smallest absolute Gasteiger partial charge is 0.870 e. The molecule has 2 aliphatic carbocycles. The monoisotopic (exact) mass is 1330 g/mol. The van der Waals surface area contributed by atoms with Crippen LogP contribution in [0.5, 0.6) is 11.8 Å². The Bertz CT molecular complexity index is 4590. The number of anilines is 4. The topological polar surface area (TPSA) is 273 Å². The van der Waals surface area contributed by atoms with E-state index in [0.717, 1.165) is 72.4 Å². The first kappa shape index (κ1) is 70.6. The molecule has 96 heavy (non-hydrogen) atoms. The molecule has 0 fully saturated rings. The number of amides is 2. The number of ether oxygens (including phenoxy) is 2. The standard InChI is InChI=1S/C35H35FN6O4S.C34H33FN6O5S.Li.H2O/c1-5-23-25(17-22(36)18-28(23)42-35(45)33-26(19-37-42)24-10-7-8-11-29(24)47-33)21-16-27(34(44)41(4)20-21)38-30-12-9-13-31(39-30)46-15-14-40(3)32(43)6-2;1-4-31(43)39(2)12-13-46-30-11-7-10-29(38-30)37-26-14-20(18-40(3)33(26)44)23-15-21(35)16-27(25(23)19-42)41-34(45)32-24(17-36-41)22-8-5-6-9-28(22)47-32;;/h6,9,12-13,16-20H,2,5,7-8,10-11,14-15H2,1,3-4H3,(H,38,39);4,7,10-11,14-18,42H,1,5-6,8-9,12-13,19H2,2-3H3,(H,37,38);;1H2/q;;+1;/p-1. The summed E-state index contributed by atoms with van der Waals surface area (Å²) in [6.45, 7) is 9.43. The van der Waals surface area contributed by atoms with Crippen molar-refractivity contribution < 1.29 is 57.3 Å². The zero-order valence-corrected chi connectivity index (χ0v) is 55.5. The van der Waals surface area contributed by atoms with E-state index in [4.69, 9.17) is 9.47 Å². The number of thiophene rings is 2. The summed E-state index contributed by atoms with van der Waals surface area (Å²) in [5.74, 6) is -0.331. The molecule has 492 valence electrons. The van der Waals surface area contributed by atoms with Crippen molar-refractivity contribution in [3.8, 4) is 45.4 Å². The van der Waals surface area contributed by atoms with Gasteiger partial charge in [-0.2, -0.15) is 29.5 Å². The molecule has 0 radical (unpaired) electrons. The van der Waals surface area contributed by atoms with Crippen molar-refractivity contribution in [3.63, 3.8) is 0 Å². The van der Waals surface area contributed by atoms with E-state index in [1.54, 1.807) is 89.2 Å². The number of pyridine rings is 4. The van der Waals surface area contributed by atoms with Crippen molar-refractivity contribution in [2.45, 2.75) is 71.3 Å². The molecule has 0 atom stereocenters. The number of nitrogens with one attached hydrogen (secondary N) is 2. The summed E-state index contributed by atoms with van der Waals surface area (Å²) >= 11 is 2.98. The summed E-state index contributed by atoms with van der Waals surface area (Å²) in [7, 11) is 6.46. The summed E-state index contributed by atoms with van der Waals surface area (Å²) in [6.07, 6.45) is 17.6. The van der Waals surface area contributed by atoms with E-state index >= 15 is 8.78 Å². The van der Waals surface area contributed by atoms with Gasteiger partial charge in [-0.25, -0.2) is 8.78 Å². The normalized spacial score (nSPS) is 12.2. The van der Waals surface area contributed by atoms with Crippen LogP contribution in [0.4, 0.5) is 31.8 Å². The zero-order chi connectivity index (χ0) is 66.5. The molecule has 0 spiro atoms. The summed E-state index contributed by atoms with van der Waals surface area (Å²) < 4.78 is 48.4. The first-order valence-corrected chi connectivity index (χ1v) is 32.2. The maximum Gasteiger partial charge on any atom is 1.00 e. The molecular formula is C69H69F2LiN12O10S2. The van der Waals surface area contributed by atoms with Crippen molar-refractivity contribution in [2.24, 2.45) is 14.1 Å². The molecule has 27 heteroatoms. The number of benzene rings is 2. The number of likely N-dealkylation sites (N-methyl/N-ethyl adjacent to an activating group) is 2. The first-order chi connectivity index (χ1) is 45.4. The van der Waals surface area contributed by atoms with Crippen molar-refractivity contribution in [1.29, 1.82) is 0 Å². The summed E-state index contributed by atoms with van der Waals surface area (Å²) in [5, 5.41) is 27.3. The second kappa shape index (κ2) is 30.8. The number of fused-ring (bicyclic) bond motifs is 6. The fourth-order valence-electron chi connectivity index (χ4n) is 11.7. The van der Waals surface area contributed by atoms with E-state index < -0.39 is 18.2 Å². The van der Waals surface area contributed by atoms with Crippen molar-refractivity contribution in [3.05, 3.63) is 208 Å². The molecule has 8 heterocycles. The third kappa shape index (κ3) is 14.9. The number of carbonyl (C=O) groups excluding carboxylic acids is 2. The number of aliphatic hydroxyl groups excluding tert-OH is 1. The first-order valence-electron chi connectivity index (χ1n) is 30.6. The molecule has 22 nitrogen and oxygen atoms in total. The predicted molar refractivity (Wildman–Crippen MR) is 364 cm³/mol. The van der Waals surface area contributed by atoms with Crippen LogP contribution in [0.2, 0.25) is 0 Å². The molecule has 8 aromatic heterocycles. The number of nitrogens with zero attached hydrogens (tertiary/aromatic N) is 10. The van der Waals surface area contributed by atoms with Gasteiger partial charge in [0.25, 0.3) is 22.2 Å². The Morgan fingerprint density at radius 1 is 0.635 bits per heavy atom. The number of halogens is 2. The SMILES string of the molecule is C=CC(=O)N(C)CCOc1cccc(Nc2cc(-c3cc(F)cc(-n4ncc5c6c(sc5c4=O)CCCC6)c3CC)cn(C)c2=O)n1.C=CC(=O)N(C)CCOc1cccc(Nc2cc(-c3cc(F)cc(-n4ncc5c6c(sc5c4=O)CCCC6)c3CO)cn(C)c2=O)n1.[Li+].[OH-]. The number of hydrogen-bond donors (Lipinski definition) is 3. The van der Waals surface area contributed by atoms with Crippen LogP contribution in [0.3, 0.4) is 0 Å². The van der Waals surface area contributed by atoms with Gasteiger partial charge in [0, 0.05) is 102 Å². The van der Waals surface area contributed by atoms with Gasteiger partial charge in [-0.1, -0.05) is 32.2 Å². The van der Waals surface area contributed by atoms with Crippen LogP contribution < -0.4 is 61.2 Å². The van der Waals surface area contributed by atoms with Gasteiger partial charge in [0.2, 0.25) is 23.6 Å². The Labute approximate surface area is 569 Å². The number of aryl methyl sites for hydroxylation is 6. The molecule has 0 saturated heterocycles. The van der Waals surface area contributed by atoms with Gasteiger partial charge in [0.05, 0.1) is 43.5 Å². The average Bonchev–Trinajstić information content (AvgIpc) is 1.51. The summed E-state index contributed by atoms with van der Waals surface area (Å²) in [5.41, 5.74) is 4.75.